The van der Waals surface area contributed by atoms with Gasteiger partial charge in [0.25, 0.3) is 0 Å². The van der Waals surface area contributed by atoms with Crippen LogP contribution in [0.15, 0.2) is 0 Å². The van der Waals surface area contributed by atoms with Crippen LogP contribution in [-0.4, -0.2) is 10.3 Å². The minimum atomic E-state index is 0. The van der Waals surface area contributed by atoms with Crippen LogP contribution in [-0.2, 0) is 0 Å². The Morgan fingerprint density at radius 2 is 1.00 bits per heavy atom. The first-order valence-electron chi connectivity index (χ1n) is 0.855. The number of isothiocyanates is 2. The summed E-state index contributed by atoms with van der Waals surface area (Å²) in [5.41, 5.74) is 0. The molecule has 0 aliphatic heterocycles. The minimum Gasteiger partial charge on any atom is -0.753 e. The number of hydrogen-bond donors (Lipinski definition) is 0. The van der Waals surface area contributed by atoms with Gasteiger partial charge in [-0.25, -0.2) is 0 Å². The molecule has 0 unspecified atom stereocenters. The van der Waals surface area contributed by atoms with Crippen molar-refractivity contribution in [1.29, 1.82) is 0 Å². The largest absolute Gasteiger partial charge is 2.00 e. The maximum atomic E-state index is 7.13. The average molecular weight is 268 g/mol. The van der Waals surface area contributed by atoms with E-state index in [0.29, 0.717) is 0 Å². The second-order valence-electron chi connectivity index (χ2n) is 0.183. The fourth-order valence-electron chi connectivity index (χ4n) is 0. The van der Waals surface area contributed by atoms with Crippen LogP contribution >= 0.6 is 24.4 Å². The van der Waals surface area contributed by atoms with E-state index in [1.54, 1.807) is 0 Å². The summed E-state index contributed by atoms with van der Waals surface area (Å²) in [6, 6.07) is 0. The second kappa shape index (κ2) is 27.1. The van der Waals surface area contributed by atoms with Crippen molar-refractivity contribution < 1.29 is 49.4 Å². The van der Waals surface area contributed by atoms with Gasteiger partial charge in [-0.05, 0) is 0 Å². The van der Waals surface area contributed by atoms with E-state index in [1.165, 1.54) is 10.3 Å². The molecule has 0 aliphatic carbocycles. The Balaban J connectivity index is -0.0000000400. The van der Waals surface area contributed by atoms with E-state index in [0.717, 1.165) is 0 Å². The summed E-state index contributed by atoms with van der Waals surface area (Å²) in [7, 11) is 0. The van der Waals surface area contributed by atoms with E-state index in [1.807, 2.05) is 0 Å². The molecule has 0 N–H and O–H groups in total. The molecule has 0 aromatic rings. The van der Waals surface area contributed by atoms with Gasteiger partial charge in [0.15, 0.2) is 0 Å². The van der Waals surface area contributed by atoms with E-state index in [4.69, 9.17) is 10.8 Å². The Labute approximate surface area is 93.2 Å². The molecule has 1 radical (unpaired) electrons. The van der Waals surface area contributed by atoms with E-state index < -0.39 is 0 Å². The van der Waals surface area contributed by atoms with E-state index >= 15 is 0 Å². The maximum Gasteiger partial charge on any atom is 2.00 e. The number of nitrogens with zero attached hydrogens (tertiary/aromatic N) is 2. The standard InChI is InChI=1S/2CNS.Eu/c2*2-1-3;/q2*-1;+2. The van der Waals surface area contributed by atoms with Crippen LogP contribution < -0.4 is 0 Å². The Hall–Kier alpha value is 1.18. The Morgan fingerprint density at radius 3 is 1.00 bits per heavy atom. The fourth-order valence-corrected chi connectivity index (χ4v) is 0. The first-order valence-corrected chi connectivity index (χ1v) is 1.67. The third-order valence-corrected chi connectivity index (χ3v) is 0. The molecule has 0 heterocycles. The summed E-state index contributed by atoms with van der Waals surface area (Å²) in [4.78, 5) is 0. The molecule has 0 amide bonds. The number of thiocarbonyl (C=S) groups is 2. The Morgan fingerprint density at radius 1 is 1.00 bits per heavy atom. The summed E-state index contributed by atoms with van der Waals surface area (Å²) in [6.45, 7) is 0. The molecule has 0 saturated carbocycles. The van der Waals surface area contributed by atoms with Crippen LogP contribution in [0.25, 0.3) is 10.8 Å². The van der Waals surface area contributed by atoms with Gasteiger partial charge in [0.1, 0.15) is 0 Å². The summed E-state index contributed by atoms with van der Waals surface area (Å²) in [5, 5.41) is 16.9. The van der Waals surface area contributed by atoms with Crippen molar-refractivity contribution in [1.82, 2.24) is 0 Å². The smallest absolute Gasteiger partial charge is 0.753 e. The van der Waals surface area contributed by atoms with Crippen molar-refractivity contribution in [2.75, 3.05) is 0 Å². The predicted molar refractivity (Wildman–Crippen MR) is 31.9 cm³/mol. The summed E-state index contributed by atoms with van der Waals surface area (Å²) in [5.74, 6) is 0. The molecule has 37 valence electrons. The quantitative estimate of drug-likeness (QED) is 0.491. The van der Waals surface area contributed by atoms with Gasteiger partial charge >= 0.3 is 49.4 Å². The molecule has 0 bridgehead atoms. The van der Waals surface area contributed by atoms with Crippen molar-refractivity contribution in [3.05, 3.63) is 10.8 Å². The molecule has 0 rings (SSSR count). The van der Waals surface area contributed by atoms with Gasteiger partial charge in [-0.1, -0.05) is 24.4 Å². The molecule has 0 saturated heterocycles. The molecule has 0 atom stereocenters. The van der Waals surface area contributed by atoms with Crippen LogP contribution in [0.1, 0.15) is 0 Å². The van der Waals surface area contributed by atoms with Crippen molar-refractivity contribution in [3.63, 3.8) is 0 Å². The maximum absolute atomic E-state index is 7.13. The van der Waals surface area contributed by atoms with Gasteiger partial charge in [-0.3, -0.25) is 0 Å². The zero-order valence-corrected chi connectivity index (χ0v) is 7.15. The van der Waals surface area contributed by atoms with Crippen molar-refractivity contribution in [2.24, 2.45) is 0 Å². The van der Waals surface area contributed by atoms with Gasteiger partial charge < -0.3 is 10.8 Å². The molecule has 0 spiro atoms. The first-order chi connectivity index (χ1) is 2.83. The van der Waals surface area contributed by atoms with Crippen LogP contribution in [0.4, 0.5) is 0 Å². The van der Waals surface area contributed by atoms with Gasteiger partial charge in [0.2, 0.25) is 0 Å². The molecule has 7 heavy (non-hydrogen) atoms. The summed E-state index contributed by atoms with van der Waals surface area (Å²) >= 11 is 7.40. The SMILES string of the molecule is [Eu+2].[N-]=C=S.[N-]=C=S. The third kappa shape index (κ3) is 138. The fraction of sp³-hybridized carbons (Fsp3) is 0. The molecule has 0 aliphatic rings. The Bertz CT molecular complexity index is 67.7. The van der Waals surface area contributed by atoms with Crippen LogP contribution in [0, 0.1) is 49.4 Å². The molecular weight excluding hydrogens is 268 g/mol. The summed E-state index contributed by atoms with van der Waals surface area (Å²) < 4.78 is 0. The van der Waals surface area contributed by atoms with Crippen molar-refractivity contribution >= 4 is 34.8 Å². The van der Waals surface area contributed by atoms with Crippen LogP contribution in [0.3, 0.4) is 0 Å². The van der Waals surface area contributed by atoms with Gasteiger partial charge in [0.05, 0.1) is 0 Å². The molecule has 0 aromatic carbocycles. The normalized spacial score (nSPS) is 2.29. The molecule has 0 aromatic heterocycles. The monoisotopic (exact) mass is 269 g/mol. The van der Waals surface area contributed by atoms with E-state index in [2.05, 4.69) is 24.4 Å². The van der Waals surface area contributed by atoms with Crippen LogP contribution in [0.5, 0.6) is 0 Å². The zero-order chi connectivity index (χ0) is 5.41. The van der Waals surface area contributed by atoms with Gasteiger partial charge in [-0.15, -0.1) is 0 Å². The van der Waals surface area contributed by atoms with Gasteiger partial charge in [-0.2, -0.15) is 10.3 Å². The first kappa shape index (κ1) is 15.7. The van der Waals surface area contributed by atoms with Gasteiger partial charge in [0, 0.05) is 0 Å². The predicted octanol–water partition coefficient (Wildman–Crippen LogP) is 1.32. The molecule has 5 heteroatoms. The molecule has 2 nitrogen and oxygen atoms in total. The van der Waals surface area contributed by atoms with Crippen LogP contribution in [0.2, 0.25) is 0 Å². The third-order valence-electron chi connectivity index (χ3n) is 0. The molecule has 0 fully saturated rings. The topological polar surface area (TPSA) is 44.6 Å². The van der Waals surface area contributed by atoms with Crippen molar-refractivity contribution in [3.8, 4) is 0 Å². The number of rotatable bonds is 0. The van der Waals surface area contributed by atoms with Crippen molar-refractivity contribution in [2.45, 2.75) is 0 Å². The average Bonchev–Trinajstić information content (AvgIpc) is 1.39. The second-order valence-corrected chi connectivity index (χ2v) is 0.548. The minimum absolute atomic E-state index is 0. The molecular formula is C2EuN2S2. The summed E-state index contributed by atoms with van der Waals surface area (Å²) in [6.07, 6.45) is 0. The van der Waals surface area contributed by atoms with E-state index in [9.17, 15) is 0 Å². The zero-order valence-electron chi connectivity index (χ0n) is 3.09. The van der Waals surface area contributed by atoms with E-state index in [-0.39, 0.29) is 49.4 Å². The number of hydrogen-bond acceptors (Lipinski definition) is 2. The Kier molecular flexibility index (Phi) is 60.8.